The van der Waals surface area contributed by atoms with E-state index in [2.05, 4.69) is 10.3 Å². The molecule has 1 N–H and O–H groups in total. The Morgan fingerprint density at radius 3 is 2.55 bits per heavy atom. The summed E-state index contributed by atoms with van der Waals surface area (Å²) in [5.41, 5.74) is 3.05. The molecule has 0 spiro atoms. The first kappa shape index (κ1) is 22.6. The SMILES string of the molecule is Cc1cccc2ncc(C(CC(=O)NCCc3ccccc3)c3cccc(C(F)(F)F)c3)n12. The number of benzene rings is 2. The lowest BCUT2D eigenvalue weighted by molar-refractivity contribution is -0.137. The average Bonchev–Trinajstić information content (AvgIpc) is 3.23. The van der Waals surface area contributed by atoms with Crippen molar-refractivity contribution >= 4 is 11.6 Å². The summed E-state index contributed by atoms with van der Waals surface area (Å²) < 4.78 is 42.0. The number of alkyl halides is 3. The van der Waals surface area contributed by atoms with Crippen molar-refractivity contribution in [1.29, 1.82) is 0 Å². The van der Waals surface area contributed by atoms with Crippen LogP contribution in [0.1, 0.15) is 40.4 Å². The molecular formula is C26H24F3N3O. The highest BCUT2D eigenvalue weighted by Gasteiger charge is 2.32. The van der Waals surface area contributed by atoms with E-state index in [0.717, 1.165) is 23.4 Å². The Bertz CT molecular complexity index is 1250. The molecule has 0 aliphatic rings. The van der Waals surface area contributed by atoms with Crippen molar-refractivity contribution in [2.45, 2.75) is 31.9 Å². The standard InChI is InChI=1S/C26H24F3N3O/c1-18-7-5-12-24-31-17-23(32(18)24)22(20-10-6-11-21(15-20)26(27,28)29)16-25(33)30-14-13-19-8-3-2-4-9-19/h2-12,15,17,22H,13-14,16H2,1H3,(H,30,33). The van der Waals surface area contributed by atoms with Crippen LogP contribution in [0.3, 0.4) is 0 Å². The van der Waals surface area contributed by atoms with Crippen LogP contribution in [0, 0.1) is 6.92 Å². The molecule has 1 unspecified atom stereocenters. The molecule has 0 bridgehead atoms. The maximum atomic E-state index is 13.4. The van der Waals surface area contributed by atoms with E-state index in [4.69, 9.17) is 0 Å². The predicted molar refractivity (Wildman–Crippen MR) is 121 cm³/mol. The number of rotatable bonds is 7. The number of aromatic nitrogens is 2. The number of hydrogen-bond donors (Lipinski definition) is 1. The smallest absolute Gasteiger partial charge is 0.356 e. The number of pyridine rings is 1. The Hall–Kier alpha value is -3.61. The number of nitrogens with one attached hydrogen (secondary N) is 1. The molecule has 0 aliphatic heterocycles. The zero-order valence-electron chi connectivity index (χ0n) is 18.1. The summed E-state index contributed by atoms with van der Waals surface area (Å²) in [6.07, 6.45) is -2.13. The summed E-state index contributed by atoms with van der Waals surface area (Å²) in [4.78, 5) is 17.3. The summed E-state index contributed by atoms with van der Waals surface area (Å²) >= 11 is 0. The van der Waals surface area contributed by atoms with E-state index in [1.165, 1.54) is 6.07 Å². The molecule has 2 aromatic carbocycles. The Kier molecular flexibility index (Phi) is 6.49. The molecule has 7 heteroatoms. The summed E-state index contributed by atoms with van der Waals surface area (Å²) in [5, 5.41) is 2.91. The lowest BCUT2D eigenvalue weighted by Gasteiger charge is -2.19. The molecule has 0 fully saturated rings. The van der Waals surface area contributed by atoms with Crippen molar-refractivity contribution < 1.29 is 18.0 Å². The topological polar surface area (TPSA) is 46.4 Å². The van der Waals surface area contributed by atoms with Crippen LogP contribution in [0.4, 0.5) is 13.2 Å². The largest absolute Gasteiger partial charge is 0.416 e. The lowest BCUT2D eigenvalue weighted by atomic mass is 9.91. The second-order valence-corrected chi connectivity index (χ2v) is 8.01. The molecule has 4 nitrogen and oxygen atoms in total. The van der Waals surface area contributed by atoms with Gasteiger partial charge < -0.3 is 9.72 Å². The van der Waals surface area contributed by atoms with Crippen molar-refractivity contribution in [2.75, 3.05) is 6.54 Å². The number of imidazole rings is 1. The number of carbonyl (C=O) groups excluding carboxylic acids is 1. The monoisotopic (exact) mass is 451 g/mol. The number of aryl methyl sites for hydroxylation is 1. The number of hydrogen-bond acceptors (Lipinski definition) is 2. The van der Waals surface area contributed by atoms with E-state index >= 15 is 0 Å². The normalized spacial score (nSPS) is 12.6. The summed E-state index contributed by atoms with van der Waals surface area (Å²) in [6.45, 7) is 2.35. The highest BCUT2D eigenvalue weighted by atomic mass is 19.4. The molecule has 2 aromatic heterocycles. The minimum absolute atomic E-state index is 0.0121. The van der Waals surface area contributed by atoms with E-state index in [1.54, 1.807) is 12.3 Å². The number of halogens is 3. The first-order valence-corrected chi connectivity index (χ1v) is 10.7. The fourth-order valence-corrected chi connectivity index (χ4v) is 4.05. The Morgan fingerprint density at radius 2 is 1.79 bits per heavy atom. The van der Waals surface area contributed by atoms with Crippen molar-refractivity contribution in [3.8, 4) is 0 Å². The number of amides is 1. The third-order valence-electron chi connectivity index (χ3n) is 5.69. The van der Waals surface area contributed by atoms with E-state index in [1.807, 2.05) is 59.9 Å². The van der Waals surface area contributed by atoms with Gasteiger partial charge in [0.2, 0.25) is 5.91 Å². The summed E-state index contributed by atoms with van der Waals surface area (Å²) in [5.74, 6) is -0.808. The van der Waals surface area contributed by atoms with Gasteiger partial charge in [-0.1, -0.05) is 54.6 Å². The summed E-state index contributed by atoms with van der Waals surface area (Å²) in [6, 6.07) is 20.6. The van der Waals surface area contributed by atoms with Gasteiger partial charge in [0.1, 0.15) is 5.65 Å². The second kappa shape index (κ2) is 9.48. The quantitative estimate of drug-likeness (QED) is 0.401. The third kappa shape index (κ3) is 5.25. The maximum absolute atomic E-state index is 13.4. The lowest BCUT2D eigenvalue weighted by Crippen LogP contribution is -2.27. The second-order valence-electron chi connectivity index (χ2n) is 8.01. The van der Waals surface area contributed by atoms with Crippen LogP contribution in [0.5, 0.6) is 0 Å². The highest BCUT2D eigenvalue weighted by Crippen LogP contribution is 2.34. The predicted octanol–water partition coefficient (Wildman–Crippen LogP) is 5.54. The molecule has 0 aliphatic carbocycles. The zero-order chi connectivity index (χ0) is 23.4. The van der Waals surface area contributed by atoms with Crippen molar-refractivity contribution in [3.63, 3.8) is 0 Å². The fourth-order valence-electron chi connectivity index (χ4n) is 4.05. The number of fused-ring (bicyclic) bond motifs is 1. The van der Waals surface area contributed by atoms with Crippen LogP contribution in [0.25, 0.3) is 5.65 Å². The van der Waals surface area contributed by atoms with Gasteiger partial charge in [-0.05, 0) is 42.7 Å². The van der Waals surface area contributed by atoms with Crippen LogP contribution in [-0.2, 0) is 17.4 Å². The van der Waals surface area contributed by atoms with E-state index in [0.29, 0.717) is 29.9 Å². The maximum Gasteiger partial charge on any atom is 0.416 e. The van der Waals surface area contributed by atoms with Gasteiger partial charge in [-0.25, -0.2) is 4.98 Å². The fraction of sp³-hybridized carbons (Fsp3) is 0.231. The van der Waals surface area contributed by atoms with Crippen molar-refractivity contribution in [3.05, 3.63) is 107 Å². The van der Waals surface area contributed by atoms with Gasteiger partial charge in [0, 0.05) is 30.8 Å². The highest BCUT2D eigenvalue weighted by molar-refractivity contribution is 5.77. The number of carbonyl (C=O) groups is 1. The van der Waals surface area contributed by atoms with Gasteiger partial charge in [0.25, 0.3) is 0 Å². The molecule has 33 heavy (non-hydrogen) atoms. The van der Waals surface area contributed by atoms with E-state index < -0.39 is 17.7 Å². The van der Waals surface area contributed by atoms with Crippen LogP contribution in [0.15, 0.2) is 79.0 Å². The van der Waals surface area contributed by atoms with Crippen molar-refractivity contribution in [2.24, 2.45) is 0 Å². The minimum Gasteiger partial charge on any atom is -0.356 e. The average molecular weight is 451 g/mol. The molecule has 4 aromatic rings. The van der Waals surface area contributed by atoms with Crippen LogP contribution < -0.4 is 5.32 Å². The Morgan fingerprint density at radius 1 is 1.03 bits per heavy atom. The van der Waals surface area contributed by atoms with Gasteiger partial charge in [-0.2, -0.15) is 13.2 Å². The van der Waals surface area contributed by atoms with Crippen LogP contribution >= 0.6 is 0 Å². The number of nitrogens with zero attached hydrogens (tertiary/aromatic N) is 2. The molecule has 0 saturated carbocycles. The molecule has 2 heterocycles. The molecule has 1 amide bonds. The van der Waals surface area contributed by atoms with Crippen LogP contribution in [-0.4, -0.2) is 21.8 Å². The Labute approximate surface area is 190 Å². The molecule has 4 rings (SSSR count). The van der Waals surface area contributed by atoms with Gasteiger partial charge in [-0.15, -0.1) is 0 Å². The summed E-state index contributed by atoms with van der Waals surface area (Å²) in [7, 11) is 0. The Balaban J connectivity index is 1.62. The minimum atomic E-state index is -4.46. The first-order chi connectivity index (χ1) is 15.8. The third-order valence-corrected chi connectivity index (χ3v) is 5.69. The zero-order valence-corrected chi connectivity index (χ0v) is 18.1. The van der Waals surface area contributed by atoms with Gasteiger partial charge in [0.15, 0.2) is 0 Å². The van der Waals surface area contributed by atoms with Gasteiger partial charge >= 0.3 is 6.18 Å². The van der Waals surface area contributed by atoms with Gasteiger partial charge in [0.05, 0.1) is 11.3 Å². The van der Waals surface area contributed by atoms with Gasteiger partial charge in [-0.3, -0.25) is 4.79 Å². The molecule has 170 valence electrons. The van der Waals surface area contributed by atoms with E-state index in [-0.39, 0.29) is 12.3 Å². The molecule has 1 atom stereocenters. The first-order valence-electron chi connectivity index (χ1n) is 10.7. The molecule has 0 radical (unpaired) electrons. The molecule has 0 saturated heterocycles. The molecular weight excluding hydrogens is 427 g/mol. The van der Waals surface area contributed by atoms with Crippen LogP contribution in [0.2, 0.25) is 0 Å². The van der Waals surface area contributed by atoms with E-state index in [9.17, 15) is 18.0 Å². The van der Waals surface area contributed by atoms with Crippen molar-refractivity contribution in [1.82, 2.24) is 14.7 Å².